The topological polar surface area (TPSA) is 25.4 Å². The van der Waals surface area contributed by atoms with E-state index in [0.717, 1.165) is 35.3 Å². The summed E-state index contributed by atoms with van der Waals surface area (Å²) < 4.78 is 5.43. The lowest BCUT2D eigenvalue weighted by atomic mass is 10.1. The number of benzene rings is 1. The second-order valence-electron chi connectivity index (χ2n) is 4.83. The Balaban J connectivity index is 2.14. The molecule has 3 nitrogen and oxygen atoms in total. The van der Waals surface area contributed by atoms with Gasteiger partial charge in [0.25, 0.3) is 0 Å². The molecule has 0 bridgehead atoms. The fourth-order valence-electron chi connectivity index (χ4n) is 2.84. The number of nitrogens with zero attached hydrogens (tertiary/aromatic N) is 2. The number of anilines is 1. The van der Waals surface area contributed by atoms with Crippen molar-refractivity contribution in [3.05, 3.63) is 30.5 Å². The standard InChI is InChI=1S/C15H17ClN2O/c1-19-14-6-2-5-13-12(14)7-8-17-15(13)18-9-3-4-11(18)10-16/h2,5-8,11H,3-4,9-10H2,1H3. The zero-order valence-corrected chi connectivity index (χ0v) is 11.7. The summed E-state index contributed by atoms with van der Waals surface area (Å²) in [5.41, 5.74) is 0. The molecule has 100 valence electrons. The smallest absolute Gasteiger partial charge is 0.136 e. The Labute approximate surface area is 118 Å². The molecule has 1 saturated heterocycles. The Hall–Kier alpha value is -1.48. The number of methoxy groups -OCH3 is 1. The quantitative estimate of drug-likeness (QED) is 0.803. The van der Waals surface area contributed by atoms with E-state index in [2.05, 4.69) is 16.0 Å². The van der Waals surface area contributed by atoms with E-state index in [1.54, 1.807) is 7.11 Å². The van der Waals surface area contributed by atoms with Crippen molar-refractivity contribution in [2.75, 3.05) is 24.4 Å². The van der Waals surface area contributed by atoms with Crippen LogP contribution in [0, 0.1) is 0 Å². The van der Waals surface area contributed by atoms with Gasteiger partial charge in [0.1, 0.15) is 11.6 Å². The minimum Gasteiger partial charge on any atom is -0.496 e. The lowest BCUT2D eigenvalue weighted by Gasteiger charge is -2.25. The monoisotopic (exact) mass is 276 g/mol. The molecule has 1 aliphatic heterocycles. The van der Waals surface area contributed by atoms with Gasteiger partial charge in [0.15, 0.2) is 0 Å². The van der Waals surface area contributed by atoms with E-state index in [9.17, 15) is 0 Å². The molecule has 1 atom stereocenters. The van der Waals surface area contributed by atoms with Crippen molar-refractivity contribution >= 4 is 28.2 Å². The van der Waals surface area contributed by atoms with Crippen LogP contribution in [0.5, 0.6) is 5.75 Å². The van der Waals surface area contributed by atoms with Crippen molar-refractivity contribution in [1.82, 2.24) is 4.98 Å². The lowest BCUT2D eigenvalue weighted by molar-refractivity contribution is 0.420. The average Bonchev–Trinajstić information content (AvgIpc) is 2.94. The Morgan fingerprint density at radius 1 is 1.37 bits per heavy atom. The Bertz CT molecular complexity index is 587. The molecule has 0 amide bonds. The van der Waals surface area contributed by atoms with E-state index in [-0.39, 0.29) is 0 Å². The van der Waals surface area contributed by atoms with E-state index in [4.69, 9.17) is 16.3 Å². The van der Waals surface area contributed by atoms with E-state index in [1.807, 2.05) is 24.4 Å². The van der Waals surface area contributed by atoms with Gasteiger partial charge < -0.3 is 9.64 Å². The van der Waals surface area contributed by atoms with Crippen LogP contribution in [0.2, 0.25) is 0 Å². The molecule has 1 aromatic carbocycles. The molecule has 1 aliphatic rings. The molecule has 0 spiro atoms. The lowest BCUT2D eigenvalue weighted by Crippen LogP contribution is -2.31. The number of pyridine rings is 1. The minimum absolute atomic E-state index is 0.394. The second-order valence-corrected chi connectivity index (χ2v) is 5.14. The van der Waals surface area contributed by atoms with Gasteiger partial charge in [-0.05, 0) is 25.0 Å². The predicted molar refractivity (Wildman–Crippen MR) is 79.4 cm³/mol. The van der Waals surface area contributed by atoms with Crippen LogP contribution >= 0.6 is 11.6 Å². The Morgan fingerprint density at radius 2 is 2.26 bits per heavy atom. The van der Waals surface area contributed by atoms with Crippen LogP contribution in [0.4, 0.5) is 5.82 Å². The molecule has 1 aromatic heterocycles. The fraction of sp³-hybridized carbons (Fsp3) is 0.400. The third-order valence-electron chi connectivity index (χ3n) is 3.79. The summed E-state index contributed by atoms with van der Waals surface area (Å²) in [4.78, 5) is 6.90. The van der Waals surface area contributed by atoms with Crippen molar-refractivity contribution in [3.63, 3.8) is 0 Å². The normalized spacial score (nSPS) is 19.1. The maximum atomic E-state index is 6.07. The number of halogens is 1. The van der Waals surface area contributed by atoms with Crippen molar-refractivity contribution in [2.45, 2.75) is 18.9 Å². The van der Waals surface area contributed by atoms with Crippen LogP contribution in [0.25, 0.3) is 10.8 Å². The number of alkyl halides is 1. The maximum Gasteiger partial charge on any atom is 0.136 e. The molecular weight excluding hydrogens is 260 g/mol. The summed E-state index contributed by atoms with van der Waals surface area (Å²) in [6.45, 7) is 1.03. The second kappa shape index (κ2) is 5.25. The van der Waals surface area contributed by atoms with Gasteiger partial charge in [0.2, 0.25) is 0 Å². The van der Waals surface area contributed by atoms with E-state index >= 15 is 0 Å². The summed E-state index contributed by atoms with van der Waals surface area (Å²) in [7, 11) is 1.70. The molecule has 0 aliphatic carbocycles. The van der Waals surface area contributed by atoms with Crippen LogP contribution in [0.1, 0.15) is 12.8 Å². The van der Waals surface area contributed by atoms with Gasteiger partial charge >= 0.3 is 0 Å². The molecule has 0 radical (unpaired) electrons. The molecular formula is C15H17ClN2O. The first-order chi connectivity index (χ1) is 9.35. The highest BCUT2D eigenvalue weighted by Crippen LogP contribution is 2.34. The number of hydrogen-bond acceptors (Lipinski definition) is 3. The van der Waals surface area contributed by atoms with E-state index in [1.165, 1.54) is 6.42 Å². The largest absolute Gasteiger partial charge is 0.496 e. The highest BCUT2D eigenvalue weighted by Gasteiger charge is 2.26. The van der Waals surface area contributed by atoms with Crippen molar-refractivity contribution in [3.8, 4) is 5.75 Å². The first-order valence-corrected chi connectivity index (χ1v) is 7.13. The number of rotatable bonds is 3. The SMILES string of the molecule is COc1cccc2c(N3CCCC3CCl)nccc12. The average molecular weight is 277 g/mol. The van der Waals surface area contributed by atoms with Gasteiger partial charge in [-0.2, -0.15) is 0 Å². The maximum absolute atomic E-state index is 6.07. The van der Waals surface area contributed by atoms with Crippen molar-refractivity contribution in [1.29, 1.82) is 0 Å². The van der Waals surface area contributed by atoms with E-state index < -0.39 is 0 Å². The van der Waals surface area contributed by atoms with Gasteiger partial charge in [-0.1, -0.05) is 12.1 Å². The molecule has 4 heteroatoms. The summed E-state index contributed by atoms with van der Waals surface area (Å²) in [6.07, 6.45) is 4.18. The number of fused-ring (bicyclic) bond motifs is 1. The molecule has 2 aromatic rings. The van der Waals surface area contributed by atoms with Gasteiger partial charge in [-0.3, -0.25) is 0 Å². The molecule has 0 saturated carbocycles. The van der Waals surface area contributed by atoms with Crippen LogP contribution in [0.3, 0.4) is 0 Å². The summed E-state index contributed by atoms with van der Waals surface area (Å²) in [5, 5.41) is 2.24. The number of hydrogen-bond donors (Lipinski definition) is 0. The minimum atomic E-state index is 0.394. The predicted octanol–water partition coefficient (Wildman–Crippen LogP) is 3.45. The Kier molecular flexibility index (Phi) is 3.47. The molecule has 1 fully saturated rings. The van der Waals surface area contributed by atoms with Gasteiger partial charge in [-0.15, -0.1) is 11.6 Å². The van der Waals surface area contributed by atoms with Crippen LogP contribution in [0.15, 0.2) is 30.5 Å². The molecule has 3 rings (SSSR count). The number of ether oxygens (including phenoxy) is 1. The first kappa shape index (κ1) is 12.5. The molecule has 0 N–H and O–H groups in total. The summed E-state index contributed by atoms with van der Waals surface area (Å²) in [6, 6.07) is 8.49. The molecule has 2 heterocycles. The van der Waals surface area contributed by atoms with Crippen molar-refractivity contribution < 1.29 is 4.74 Å². The third-order valence-corrected chi connectivity index (χ3v) is 4.15. The van der Waals surface area contributed by atoms with E-state index in [0.29, 0.717) is 11.9 Å². The fourth-order valence-corrected chi connectivity index (χ4v) is 3.17. The van der Waals surface area contributed by atoms with Crippen molar-refractivity contribution in [2.24, 2.45) is 0 Å². The number of aromatic nitrogens is 1. The van der Waals surface area contributed by atoms with Crippen LogP contribution in [-0.2, 0) is 0 Å². The van der Waals surface area contributed by atoms with Gasteiger partial charge in [-0.25, -0.2) is 4.98 Å². The third kappa shape index (κ3) is 2.12. The summed E-state index contributed by atoms with van der Waals surface area (Å²) >= 11 is 6.07. The molecule has 19 heavy (non-hydrogen) atoms. The highest BCUT2D eigenvalue weighted by atomic mass is 35.5. The molecule has 1 unspecified atom stereocenters. The van der Waals surface area contributed by atoms with Crippen LogP contribution < -0.4 is 9.64 Å². The van der Waals surface area contributed by atoms with Gasteiger partial charge in [0, 0.05) is 35.4 Å². The van der Waals surface area contributed by atoms with Crippen LogP contribution in [-0.4, -0.2) is 30.6 Å². The zero-order chi connectivity index (χ0) is 13.2. The summed E-state index contributed by atoms with van der Waals surface area (Å²) in [5.74, 6) is 2.57. The Morgan fingerprint density at radius 3 is 3.05 bits per heavy atom. The van der Waals surface area contributed by atoms with Gasteiger partial charge in [0.05, 0.1) is 7.11 Å². The zero-order valence-electron chi connectivity index (χ0n) is 11.0. The first-order valence-electron chi connectivity index (χ1n) is 6.59. The highest BCUT2D eigenvalue weighted by molar-refractivity contribution is 6.18.